The van der Waals surface area contributed by atoms with E-state index in [9.17, 15) is 0 Å². The van der Waals surface area contributed by atoms with Crippen molar-refractivity contribution in [3.63, 3.8) is 0 Å². The first kappa shape index (κ1) is 6.17. The lowest BCUT2D eigenvalue weighted by Gasteiger charge is -1.92. The lowest BCUT2D eigenvalue weighted by atomic mass is 10.1. The van der Waals surface area contributed by atoms with E-state index < -0.39 is 0 Å². The Kier molecular flexibility index (Phi) is 1.26. The van der Waals surface area contributed by atoms with E-state index in [1.165, 1.54) is 0 Å². The minimum Gasteiger partial charge on any atom is -0.493 e. The largest absolute Gasteiger partial charge is 0.493 e. The summed E-state index contributed by atoms with van der Waals surface area (Å²) in [4.78, 5) is 3.09. The second-order valence-corrected chi connectivity index (χ2v) is 2.49. The van der Waals surface area contributed by atoms with Crippen molar-refractivity contribution < 1.29 is 4.74 Å². The molecule has 0 bridgehead atoms. The standard InChI is InChI=1S/C8H7N2O/c9-10-7-1-2-8-6(5-7)3-4-11-8/h1-2,5H,3-4H2/q+1. The van der Waals surface area contributed by atoms with Crippen molar-refractivity contribution in [2.45, 2.75) is 6.42 Å². The summed E-state index contributed by atoms with van der Waals surface area (Å²) in [6, 6.07) is 5.39. The highest BCUT2D eigenvalue weighted by Gasteiger charge is 2.15. The second-order valence-electron chi connectivity index (χ2n) is 2.49. The molecular formula is C8H7N2O+. The van der Waals surface area contributed by atoms with Gasteiger partial charge < -0.3 is 4.74 Å². The fraction of sp³-hybridized carbons (Fsp3) is 0.250. The van der Waals surface area contributed by atoms with Crippen LogP contribution < -0.4 is 4.74 Å². The molecule has 0 spiro atoms. The van der Waals surface area contributed by atoms with Crippen LogP contribution in [0.15, 0.2) is 18.2 Å². The van der Waals surface area contributed by atoms with Crippen molar-refractivity contribution in [3.8, 4) is 5.75 Å². The number of benzene rings is 1. The van der Waals surface area contributed by atoms with Crippen molar-refractivity contribution in [1.29, 1.82) is 5.39 Å². The molecule has 11 heavy (non-hydrogen) atoms. The van der Waals surface area contributed by atoms with Gasteiger partial charge in [0.15, 0.2) is 4.98 Å². The Morgan fingerprint density at radius 3 is 3.18 bits per heavy atom. The van der Waals surface area contributed by atoms with Crippen molar-refractivity contribution in [1.82, 2.24) is 0 Å². The third kappa shape index (κ3) is 0.926. The number of nitrogens with zero attached hydrogens (tertiary/aromatic N) is 2. The molecular weight excluding hydrogens is 140 g/mol. The van der Waals surface area contributed by atoms with Crippen LogP contribution in [0.1, 0.15) is 5.56 Å². The highest BCUT2D eigenvalue weighted by atomic mass is 16.5. The summed E-state index contributed by atoms with van der Waals surface area (Å²) in [5, 5.41) is 8.45. The Bertz CT molecular complexity index is 327. The molecule has 3 heteroatoms. The Hall–Kier alpha value is -1.56. The zero-order valence-electron chi connectivity index (χ0n) is 5.95. The van der Waals surface area contributed by atoms with Crippen LogP contribution in [-0.2, 0) is 6.42 Å². The van der Waals surface area contributed by atoms with Crippen molar-refractivity contribution in [2.75, 3.05) is 6.61 Å². The van der Waals surface area contributed by atoms with E-state index >= 15 is 0 Å². The first-order valence-corrected chi connectivity index (χ1v) is 3.51. The molecule has 0 saturated carbocycles. The van der Waals surface area contributed by atoms with Gasteiger partial charge in [-0.1, -0.05) is 0 Å². The van der Waals surface area contributed by atoms with Gasteiger partial charge in [0, 0.05) is 24.1 Å². The number of rotatable bonds is 0. The minimum atomic E-state index is 0.592. The molecule has 1 aliphatic rings. The number of ether oxygens (including phenoxy) is 1. The highest BCUT2D eigenvalue weighted by Crippen LogP contribution is 2.28. The maximum Gasteiger partial charge on any atom is 0.385 e. The highest BCUT2D eigenvalue weighted by molar-refractivity contribution is 5.52. The Labute approximate surface area is 64.2 Å². The average Bonchev–Trinajstić information content (AvgIpc) is 2.50. The molecule has 2 rings (SSSR count). The van der Waals surface area contributed by atoms with Gasteiger partial charge in [0.2, 0.25) is 5.39 Å². The third-order valence-corrected chi connectivity index (χ3v) is 1.79. The fourth-order valence-corrected chi connectivity index (χ4v) is 1.24. The van der Waals surface area contributed by atoms with Gasteiger partial charge in [0.25, 0.3) is 0 Å². The predicted molar refractivity (Wildman–Crippen MR) is 40.4 cm³/mol. The van der Waals surface area contributed by atoms with Gasteiger partial charge in [-0.05, 0) is 6.07 Å². The van der Waals surface area contributed by atoms with Crippen LogP contribution in [0, 0.1) is 5.39 Å². The third-order valence-electron chi connectivity index (χ3n) is 1.79. The van der Waals surface area contributed by atoms with Gasteiger partial charge in [0.1, 0.15) is 5.75 Å². The average molecular weight is 147 g/mol. The molecule has 0 radical (unpaired) electrons. The summed E-state index contributed by atoms with van der Waals surface area (Å²) in [5.74, 6) is 0.914. The summed E-state index contributed by atoms with van der Waals surface area (Å²) in [7, 11) is 0. The van der Waals surface area contributed by atoms with Crippen molar-refractivity contribution in [3.05, 3.63) is 28.7 Å². The zero-order chi connectivity index (χ0) is 7.68. The van der Waals surface area contributed by atoms with E-state index in [0.29, 0.717) is 5.69 Å². The number of fused-ring (bicyclic) bond motifs is 1. The summed E-state index contributed by atoms with van der Waals surface area (Å²) in [5.41, 5.74) is 1.72. The zero-order valence-corrected chi connectivity index (χ0v) is 5.95. The number of hydrogen-bond donors (Lipinski definition) is 0. The summed E-state index contributed by atoms with van der Waals surface area (Å²) in [6.07, 6.45) is 0.915. The number of hydrogen-bond acceptors (Lipinski definition) is 2. The molecule has 1 heterocycles. The second kappa shape index (κ2) is 2.24. The van der Waals surface area contributed by atoms with Crippen LogP contribution in [0.5, 0.6) is 5.75 Å². The molecule has 0 amide bonds. The van der Waals surface area contributed by atoms with Gasteiger partial charge in [-0.2, -0.15) is 0 Å². The predicted octanol–water partition coefficient (Wildman–Crippen LogP) is 2.11. The van der Waals surface area contributed by atoms with Crippen LogP contribution in [0.2, 0.25) is 0 Å². The minimum absolute atomic E-state index is 0.592. The van der Waals surface area contributed by atoms with E-state index in [1.54, 1.807) is 6.07 Å². The van der Waals surface area contributed by atoms with Crippen LogP contribution in [-0.4, -0.2) is 6.61 Å². The fourth-order valence-electron chi connectivity index (χ4n) is 1.24. The lowest BCUT2D eigenvalue weighted by molar-refractivity contribution is 0.357. The Morgan fingerprint density at radius 2 is 2.36 bits per heavy atom. The van der Waals surface area contributed by atoms with Gasteiger partial charge >= 0.3 is 5.69 Å². The summed E-state index contributed by atoms with van der Waals surface area (Å²) < 4.78 is 5.27. The smallest absolute Gasteiger partial charge is 0.385 e. The first-order chi connectivity index (χ1) is 5.40. The van der Waals surface area contributed by atoms with Crippen LogP contribution in [0.3, 0.4) is 0 Å². The molecule has 0 aliphatic carbocycles. The molecule has 3 nitrogen and oxygen atoms in total. The summed E-state index contributed by atoms with van der Waals surface area (Å²) >= 11 is 0. The van der Waals surface area contributed by atoms with E-state index in [0.717, 1.165) is 24.3 Å². The van der Waals surface area contributed by atoms with Gasteiger partial charge in [-0.3, -0.25) is 0 Å². The SMILES string of the molecule is N#[N+]c1ccc2c(c1)CCO2. The van der Waals surface area contributed by atoms with Gasteiger partial charge in [-0.15, -0.1) is 0 Å². The molecule has 54 valence electrons. The van der Waals surface area contributed by atoms with Crippen LogP contribution in [0.25, 0.3) is 4.98 Å². The topological polar surface area (TPSA) is 37.4 Å². The van der Waals surface area contributed by atoms with Crippen molar-refractivity contribution in [2.24, 2.45) is 0 Å². The Morgan fingerprint density at radius 1 is 1.45 bits per heavy atom. The molecule has 0 unspecified atom stereocenters. The normalized spacial score (nSPS) is 13.4. The van der Waals surface area contributed by atoms with Gasteiger partial charge in [0.05, 0.1) is 6.61 Å². The molecule has 1 aliphatic heterocycles. The molecule has 0 aromatic heterocycles. The molecule has 1 aromatic rings. The lowest BCUT2D eigenvalue weighted by Crippen LogP contribution is -1.85. The quantitative estimate of drug-likeness (QED) is 0.527. The maximum absolute atomic E-state index is 8.45. The van der Waals surface area contributed by atoms with E-state index in [1.807, 2.05) is 12.1 Å². The van der Waals surface area contributed by atoms with E-state index in [2.05, 4.69) is 4.98 Å². The molecule has 0 atom stereocenters. The monoisotopic (exact) mass is 147 g/mol. The first-order valence-electron chi connectivity index (χ1n) is 3.51. The molecule has 0 N–H and O–H groups in total. The van der Waals surface area contributed by atoms with Crippen LogP contribution in [0.4, 0.5) is 5.69 Å². The number of diazo groups is 1. The Balaban J connectivity index is 2.51. The molecule has 0 fully saturated rings. The molecule has 0 saturated heterocycles. The maximum atomic E-state index is 8.45. The summed E-state index contributed by atoms with van der Waals surface area (Å²) in [6.45, 7) is 0.740. The van der Waals surface area contributed by atoms with Crippen LogP contribution >= 0.6 is 0 Å². The molecule has 1 aromatic carbocycles. The van der Waals surface area contributed by atoms with Crippen molar-refractivity contribution >= 4 is 5.69 Å². The van der Waals surface area contributed by atoms with E-state index in [4.69, 9.17) is 10.1 Å². The van der Waals surface area contributed by atoms with E-state index in [-0.39, 0.29) is 0 Å². The van der Waals surface area contributed by atoms with Gasteiger partial charge in [-0.25, -0.2) is 0 Å².